The molecular weight excluding hydrogens is 396 g/mol. The van der Waals surface area contributed by atoms with Crippen LogP contribution in [0.4, 0.5) is 0 Å². The molecule has 3 rings (SSSR count). The van der Waals surface area contributed by atoms with Crippen molar-refractivity contribution in [1.29, 1.82) is 0 Å². The number of amides is 2. The van der Waals surface area contributed by atoms with E-state index in [4.69, 9.17) is 4.52 Å². The SMILES string of the molecule is Cc1noc(C)c1S(=O)(=O)NC1CCN(C(=O)CNC(=O)c2ccccc2)CC1. The summed E-state index contributed by atoms with van der Waals surface area (Å²) in [5.74, 6) is -0.251. The van der Waals surface area contributed by atoms with E-state index in [2.05, 4.69) is 15.2 Å². The molecule has 10 heteroatoms. The van der Waals surface area contributed by atoms with Crippen molar-refractivity contribution in [2.75, 3.05) is 19.6 Å². The summed E-state index contributed by atoms with van der Waals surface area (Å²) in [4.78, 5) is 26.1. The third-order valence-electron chi connectivity index (χ3n) is 4.84. The van der Waals surface area contributed by atoms with Gasteiger partial charge < -0.3 is 14.7 Å². The van der Waals surface area contributed by atoms with Crippen LogP contribution in [0.25, 0.3) is 0 Å². The van der Waals surface area contributed by atoms with E-state index in [0.29, 0.717) is 37.2 Å². The molecule has 2 aromatic rings. The molecule has 9 nitrogen and oxygen atoms in total. The molecule has 1 aliphatic heterocycles. The van der Waals surface area contributed by atoms with Crippen LogP contribution in [-0.4, -0.2) is 56.0 Å². The predicted octanol–water partition coefficient (Wildman–Crippen LogP) is 0.991. The number of aryl methyl sites for hydroxylation is 2. The number of nitrogens with one attached hydrogen (secondary N) is 2. The topological polar surface area (TPSA) is 122 Å². The molecule has 0 radical (unpaired) electrons. The molecule has 0 unspecified atom stereocenters. The van der Waals surface area contributed by atoms with Crippen molar-refractivity contribution in [2.24, 2.45) is 0 Å². The molecule has 0 bridgehead atoms. The molecule has 156 valence electrons. The fourth-order valence-corrected chi connectivity index (χ4v) is 4.98. The highest BCUT2D eigenvalue weighted by atomic mass is 32.2. The quantitative estimate of drug-likeness (QED) is 0.719. The molecule has 1 aliphatic rings. The number of nitrogens with zero attached hydrogens (tertiary/aromatic N) is 2. The van der Waals surface area contributed by atoms with E-state index in [-0.39, 0.29) is 35.1 Å². The second-order valence-electron chi connectivity index (χ2n) is 6.98. The van der Waals surface area contributed by atoms with Gasteiger partial charge in [0.1, 0.15) is 10.6 Å². The first kappa shape index (κ1) is 21.0. The van der Waals surface area contributed by atoms with Crippen LogP contribution in [0.2, 0.25) is 0 Å². The minimum atomic E-state index is -3.73. The number of aromatic nitrogens is 1. The van der Waals surface area contributed by atoms with Crippen LogP contribution in [0.5, 0.6) is 0 Å². The van der Waals surface area contributed by atoms with Gasteiger partial charge in [-0.25, -0.2) is 13.1 Å². The Labute approximate surface area is 169 Å². The summed E-state index contributed by atoms with van der Waals surface area (Å²) in [5, 5.41) is 6.30. The normalized spacial score (nSPS) is 15.3. The fourth-order valence-electron chi connectivity index (χ4n) is 3.34. The number of carbonyl (C=O) groups is 2. The average Bonchev–Trinajstić information content (AvgIpc) is 3.05. The minimum Gasteiger partial charge on any atom is -0.360 e. The Hall–Kier alpha value is -2.72. The lowest BCUT2D eigenvalue weighted by Crippen LogP contribution is -2.49. The lowest BCUT2D eigenvalue weighted by atomic mass is 10.1. The van der Waals surface area contributed by atoms with Gasteiger partial charge in [-0.2, -0.15) is 0 Å². The van der Waals surface area contributed by atoms with Crippen molar-refractivity contribution in [2.45, 2.75) is 37.6 Å². The molecule has 0 atom stereocenters. The lowest BCUT2D eigenvalue weighted by Gasteiger charge is -2.32. The summed E-state index contributed by atoms with van der Waals surface area (Å²) in [7, 11) is -3.73. The van der Waals surface area contributed by atoms with Gasteiger partial charge in [0, 0.05) is 24.7 Å². The zero-order valence-corrected chi connectivity index (χ0v) is 17.2. The highest BCUT2D eigenvalue weighted by molar-refractivity contribution is 7.89. The van der Waals surface area contributed by atoms with Gasteiger partial charge in [0.15, 0.2) is 5.76 Å². The summed E-state index contributed by atoms with van der Waals surface area (Å²) in [6.45, 7) is 3.86. The first-order valence-corrected chi connectivity index (χ1v) is 10.8. The van der Waals surface area contributed by atoms with E-state index < -0.39 is 10.0 Å². The summed E-state index contributed by atoms with van der Waals surface area (Å²) in [6.07, 6.45) is 0.974. The first-order chi connectivity index (χ1) is 13.8. The molecule has 0 spiro atoms. The number of hydrogen-bond donors (Lipinski definition) is 2. The molecule has 2 N–H and O–H groups in total. The van der Waals surface area contributed by atoms with Gasteiger partial charge in [0.25, 0.3) is 5.91 Å². The predicted molar refractivity (Wildman–Crippen MR) is 105 cm³/mol. The molecule has 1 aromatic heterocycles. The summed E-state index contributed by atoms with van der Waals surface area (Å²) < 4.78 is 32.8. The highest BCUT2D eigenvalue weighted by Crippen LogP contribution is 2.21. The number of rotatable bonds is 6. The second-order valence-corrected chi connectivity index (χ2v) is 8.63. The summed E-state index contributed by atoms with van der Waals surface area (Å²) in [5.41, 5.74) is 0.810. The molecule has 1 saturated heterocycles. The Kier molecular flexibility index (Phi) is 6.33. The molecular formula is C19H24N4O5S. The molecule has 29 heavy (non-hydrogen) atoms. The number of benzene rings is 1. The largest absolute Gasteiger partial charge is 0.360 e. The zero-order chi connectivity index (χ0) is 21.0. The Balaban J connectivity index is 1.49. The summed E-state index contributed by atoms with van der Waals surface area (Å²) in [6, 6.07) is 8.39. The van der Waals surface area contributed by atoms with Crippen LogP contribution in [0.3, 0.4) is 0 Å². The van der Waals surface area contributed by atoms with E-state index in [1.54, 1.807) is 43.0 Å². The van der Waals surface area contributed by atoms with Gasteiger partial charge >= 0.3 is 0 Å². The number of hydrogen-bond acceptors (Lipinski definition) is 6. The van der Waals surface area contributed by atoms with Crippen molar-refractivity contribution < 1.29 is 22.5 Å². The minimum absolute atomic E-state index is 0.0691. The van der Waals surface area contributed by atoms with E-state index in [9.17, 15) is 18.0 Å². The van der Waals surface area contributed by atoms with Crippen molar-refractivity contribution in [3.05, 3.63) is 47.3 Å². The van der Waals surface area contributed by atoms with Gasteiger partial charge in [0.05, 0.1) is 6.54 Å². The number of piperidine rings is 1. The van der Waals surface area contributed by atoms with Gasteiger partial charge in [-0.1, -0.05) is 23.4 Å². The fraction of sp³-hybridized carbons (Fsp3) is 0.421. The van der Waals surface area contributed by atoms with E-state index in [1.165, 1.54) is 0 Å². The van der Waals surface area contributed by atoms with Crippen molar-refractivity contribution >= 4 is 21.8 Å². The zero-order valence-electron chi connectivity index (χ0n) is 16.3. The number of sulfonamides is 1. The Morgan fingerprint density at radius 2 is 1.83 bits per heavy atom. The van der Waals surface area contributed by atoms with Crippen LogP contribution in [-0.2, 0) is 14.8 Å². The maximum Gasteiger partial charge on any atom is 0.251 e. The van der Waals surface area contributed by atoms with Gasteiger partial charge in [-0.15, -0.1) is 0 Å². The van der Waals surface area contributed by atoms with E-state index in [1.807, 2.05) is 6.07 Å². The van der Waals surface area contributed by atoms with Crippen molar-refractivity contribution in [1.82, 2.24) is 20.1 Å². The molecule has 0 aliphatic carbocycles. The summed E-state index contributed by atoms with van der Waals surface area (Å²) >= 11 is 0. The van der Waals surface area contributed by atoms with Crippen molar-refractivity contribution in [3.63, 3.8) is 0 Å². The molecule has 1 fully saturated rings. The molecule has 0 saturated carbocycles. The molecule has 2 heterocycles. The van der Waals surface area contributed by atoms with Crippen LogP contribution < -0.4 is 10.0 Å². The third kappa shape index (κ3) is 5.01. The Bertz CT molecular complexity index is 960. The lowest BCUT2D eigenvalue weighted by molar-refractivity contribution is -0.131. The van der Waals surface area contributed by atoms with Crippen LogP contribution in [0, 0.1) is 13.8 Å². The van der Waals surface area contributed by atoms with E-state index >= 15 is 0 Å². The Morgan fingerprint density at radius 1 is 1.17 bits per heavy atom. The van der Waals surface area contributed by atoms with Gasteiger partial charge in [-0.05, 0) is 38.8 Å². The van der Waals surface area contributed by atoms with Gasteiger partial charge in [0.2, 0.25) is 15.9 Å². The highest BCUT2D eigenvalue weighted by Gasteiger charge is 2.30. The monoisotopic (exact) mass is 420 g/mol. The van der Waals surface area contributed by atoms with Crippen LogP contribution >= 0.6 is 0 Å². The first-order valence-electron chi connectivity index (χ1n) is 9.34. The number of carbonyl (C=O) groups excluding carboxylic acids is 2. The van der Waals surface area contributed by atoms with Crippen LogP contribution in [0.1, 0.15) is 34.7 Å². The number of likely N-dealkylation sites (tertiary alicyclic amines) is 1. The van der Waals surface area contributed by atoms with E-state index in [0.717, 1.165) is 0 Å². The standard InChI is InChI=1S/C19H24N4O5S/c1-13-18(14(2)28-21-13)29(26,27)22-16-8-10-23(11-9-16)17(24)12-20-19(25)15-6-4-3-5-7-15/h3-7,16,22H,8-12H2,1-2H3,(H,20,25). The smallest absolute Gasteiger partial charge is 0.251 e. The van der Waals surface area contributed by atoms with Crippen LogP contribution in [0.15, 0.2) is 39.8 Å². The van der Waals surface area contributed by atoms with Crippen molar-refractivity contribution in [3.8, 4) is 0 Å². The maximum atomic E-state index is 12.6. The third-order valence-corrected chi connectivity index (χ3v) is 6.61. The maximum absolute atomic E-state index is 12.6. The average molecular weight is 420 g/mol. The molecule has 2 amide bonds. The second kappa shape index (κ2) is 8.75. The molecule has 1 aromatic carbocycles. The Morgan fingerprint density at radius 3 is 2.41 bits per heavy atom. The van der Waals surface area contributed by atoms with Gasteiger partial charge in [-0.3, -0.25) is 9.59 Å².